The minimum absolute atomic E-state index is 0.0982. The molecule has 0 atom stereocenters. The summed E-state index contributed by atoms with van der Waals surface area (Å²) in [6, 6.07) is 14.6. The molecule has 12 heteroatoms. The Hall–Kier alpha value is -2.11. The maximum absolute atomic E-state index is 13.3. The van der Waals surface area contributed by atoms with E-state index in [1.807, 2.05) is 0 Å². The molecule has 180 valence electrons. The summed E-state index contributed by atoms with van der Waals surface area (Å²) in [5, 5.41) is 2.48. The van der Waals surface area contributed by atoms with Crippen LogP contribution in [-0.2, 0) is 27.5 Å². The van der Waals surface area contributed by atoms with E-state index in [0.717, 1.165) is 20.9 Å². The lowest BCUT2D eigenvalue weighted by atomic mass is 10.2. The van der Waals surface area contributed by atoms with Crippen LogP contribution >= 0.6 is 39.1 Å². The molecule has 0 saturated carbocycles. The quantitative estimate of drug-likeness (QED) is 0.334. The summed E-state index contributed by atoms with van der Waals surface area (Å²) in [6.45, 7) is -0.838. The van der Waals surface area contributed by atoms with Gasteiger partial charge in [-0.1, -0.05) is 51.3 Å². The smallest absolute Gasteiger partial charge is 0.324 e. The van der Waals surface area contributed by atoms with Crippen molar-refractivity contribution in [2.24, 2.45) is 0 Å². The summed E-state index contributed by atoms with van der Waals surface area (Å²) in [4.78, 5) is 12.6. The van der Waals surface area contributed by atoms with Gasteiger partial charge in [0.15, 0.2) is 0 Å². The Morgan fingerprint density at radius 1 is 0.971 bits per heavy atom. The number of carbonyl (C=O) groups is 1. The van der Waals surface area contributed by atoms with Crippen molar-refractivity contribution in [3.05, 3.63) is 92.4 Å². The van der Waals surface area contributed by atoms with E-state index in [1.54, 1.807) is 24.3 Å². The van der Waals surface area contributed by atoms with Crippen LogP contribution in [0.15, 0.2) is 76.1 Å². The molecule has 0 unspecified atom stereocenters. The van der Waals surface area contributed by atoms with E-state index in [4.69, 9.17) is 23.2 Å². The second-order valence-electron chi connectivity index (χ2n) is 7.09. The fourth-order valence-electron chi connectivity index (χ4n) is 2.92. The lowest BCUT2D eigenvalue weighted by molar-refractivity contribution is -0.137. The van der Waals surface area contributed by atoms with Crippen LogP contribution in [0.5, 0.6) is 0 Å². The number of anilines is 1. The predicted molar refractivity (Wildman–Crippen MR) is 128 cm³/mol. The van der Waals surface area contributed by atoms with Crippen molar-refractivity contribution in [3.63, 3.8) is 0 Å². The van der Waals surface area contributed by atoms with Crippen molar-refractivity contribution < 1.29 is 26.4 Å². The number of hydrogen-bond donors (Lipinski definition) is 1. The molecular formula is C22H16BrCl2F3N2O3S. The lowest BCUT2D eigenvalue weighted by Crippen LogP contribution is -2.37. The van der Waals surface area contributed by atoms with Crippen LogP contribution in [0.4, 0.5) is 18.9 Å². The summed E-state index contributed by atoms with van der Waals surface area (Å²) >= 11 is 15.1. The second-order valence-corrected chi connectivity index (χ2v) is 10.8. The number of halogens is 6. The van der Waals surface area contributed by atoms with Crippen molar-refractivity contribution in [1.29, 1.82) is 0 Å². The van der Waals surface area contributed by atoms with Crippen molar-refractivity contribution in [1.82, 2.24) is 4.31 Å². The Kier molecular flexibility index (Phi) is 8.30. The average molecular weight is 596 g/mol. The van der Waals surface area contributed by atoms with Gasteiger partial charge in [0.25, 0.3) is 0 Å². The number of hydrogen-bond acceptors (Lipinski definition) is 3. The van der Waals surface area contributed by atoms with Gasteiger partial charge < -0.3 is 5.32 Å². The van der Waals surface area contributed by atoms with E-state index in [2.05, 4.69) is 21.2 Å². The van der Waals surface area contributed by atoms with E-state index in [9.17, 15) is 26.4 Å². The Morgan fingerprint density at radius 3 is 2.18 bits per heavy atom. The van der Waals surface area contributed by atoms with Gasteiger partial charge in [-0.3, -0.25) is 4.79 Å². The molecule has 0 aliphatic rings. The molecular weight excluding hydrogens is 580 g/mol. The van der Waals surface area contributed by atoms with Crippen molar-refractivity contribution >= 4 is 60.7 Å². The number of amides is 1. The molecule has 0 saturated heterocycles. The molecule has 0 aliphatic heterocycles. The molecule has 0 fully saturated rings. The number of nitrogens with one attached hydrogen (secondary N) is 1. The Labute approximate surface area is 212 Å². The van der Waals surface area contributed by atoms with Crippen LogP contribution in [0.1, 0.15) is 11.1 Å². The van der Waals surface area contributed by atoms with Crippen LogP contribution in [0.3, 0.4) is 0 Å². The summed E-state index contributed by atoms with van der Waals surface area (Å²) in [6.07, 6.45) is -4.64. The minimum Gasteiger partial charge on any atom is -0.324 e. The van der Waals surface area contributed by atoms with Gasteiger partial charge in [-0.05, 0) is 60.2 Å². The molecule has 0 radical (unpaired) electrons. The number of nitrogens with zero attached hydrogens (tertiary/aromatic N) is 1. The molecule has 1 N–H and O–H groups in total. The monoisotopic (exact) mass is 594 g/mol. The third-order valence-corrected chi connectivity index (χ3v) is 7.53. The molecule has 0 heterocycles. The highest BCUT2D eigenvalue weighted by Gasteiger charge is 2.32. The molecule has 1 amide bonds. The third kappa shape index (κ3) is 6.73. The topological polar surface area (TPSA) is 66.5 Å². The number of carbonyl (C=O) groups excluding carboxylic acids is 1. The van der Waals surface area contributed by atoms with Crippen LogP contribution in [-0.4, -0.2) is 25.2 Å². The molecule has 3 aromatic carbocycles. The largest absolute Gasteiger partial charge is 0.416 e. The highest BCUT2D eigenvalue weighted by atomic mass is 79.9. The van der Waals surface area contributed by atoms with Gasteiger partial charge in [-0.2, -0.15) is 17.5 Å². The third-order valence-electron chi connectivity index (χ3n) is 4.61. The van der Waals surface area contributed by atoms with E-state index < -0.39 is 34.2 Å². The SMILES string of the molecule is O=C(CN(Cc1ccc(Br)cc1)S(=O)(=O)c1ccc(Cl)cc1)Nc1cc(C(F)(F)F)ccc1Cl. The standard InChI is InChI=1S/C22H16BrCl2F3N2O3S/c23-16-4-1-14(2-5-16)12-30(34(32,33)18-8-6-17(24)7-9-18)13-21(31)29-20-11-15(22(26,27)28)3-10-19(20)25/h1-11H,12-13H2,(H,29,31). The lowest BCUT2D eigenvalue weighted by Gasteiger charge is -2.22. The summed E-state index contributed by atoms with van der Waals surface area (Å²) < 4.78 is 67.3. The molecule has 0 aliphatic carbocycles. The first-order valence-corrected chi connectivity index (χ1v) is 12.5. The van der Waals surface area contributed by atoms with Crippen LogP contribution < -0.4 is 5.32 Å². The fraction of sp³-hybridized carbons (Fsp3) is 0.136. The van der Waals surface area contributed by atoms with Gasteiger partial charge in [0, 0.05) is 16.0 Å². The van der Waals surface area contributed by atoms with E-state index in [0.29, 0.717) is 16.7 Å². The van der Waals surface area contributed by atoms with Gasteiger partial charge >= 0.3 is 6.18 Å². The zero-order chi connectivity index (χ0) is 25.1. The van der Waals surface area contributed by atoms with E-state index in [-0.39, 0.29) is 22.2 Å². The highest BCUT2D eigenvalue weighted by Crippen LogP contribution is 2.34. The summed E-state index contributed by atoms with van der Waals surface area (Å²) in [5.74, 6) is -0.865. The van der Waals surface area contributed by atoms with Crippen LogP contribution in [0.2, 0.25) is 10.0 Å². The molecule has 0 aromatic heterocycles. The zero-order valence-corrected chi connectivity index (χ0v) is 21.0. The predicted octanol–water partition coefficient (Wildman–Crippen LogP) is 6.60. The maximum Gasteiger partial charge on any atom is 0.416 e. The number of alkyl halides is 3. The number of benzene rings is 3. The minimum atomic E-state index is -4.64. The average Bonchev–Trinajstić information content (AvgIpc) is 2.76. The molecule has 0 bridgehead atoms. The van der Waals surface area contributed by atoms with Gasteiger partial charge in [0.05, 0.1) is 27.7 Å². The van der Waals surface area contributed by atoms with Gasteiger partial charge in [0.2, 0.25) is 15.9 Å². The first kappa shape index (κ1) is 26.5. The second kappa shape index (κ2) is 10.7. The maximum atomic E-state index is 13.3. The molecule has 5 nitrogen and oxygen atoms in total. The fourth-order valence-corrected chi connectivity index (χ4v) is 4.86. The molecule has 0 spiro atoms. The van der Waals surface area contributed by atoms with Gasteiger partial charge in [-0.15, -0.1) is 0 Å². The van der Waals surface area contributed by atoms with Crippen molar-refractivity contribution in [3.8, 4) is 0 Å². The van der Waals surface area contributed by atoms with E-state index in [1.165, 1.54) is 24.3 Å². The first-order valence-electron chi connectivity index (χ1n) is 9.53. The Balaban J connectivity index is 1.90. The van der Waals surface area contributed by atoms with Crippen LogP contribution in [0.25, 0.3) is 0 Å². The van der Waals surface area contributed by atoms with Crippen molar-refractivity contribution in [2.75, 3.05) is 11.9 Å². The van der Waals surface area contributed by atoms with Gasteiger partial charge in [-0.25, -0.2) is 8.42 Å². The number of rotatable bonds is 7. The normalized spacial score (nSPS) is 12.1. The van der Waals surface area contributed by atoms with E-state index >= 15 is 0 Å². The summed E-state index contributed by atoms with van der Waals surface area (Å²) in [5.41, 5.74) is -0.702. The Bertz CT molecular complexity index is 1290. The highest BCUT2D eigenvalue weighted by molar-refractivity contribution is 9.10. The molecule has 3 rings (SSSR count). The Morgan fingerprint density at radius 2 is 1.59 bits per heavy atom. The summed E-state index contributed by atoms with van der Waals surface area (Å²) in [7, 11) is -4.17. The van der Waals surface area contributed by atoms with Crippen molar-refractivity contribution in [2.45, 2.75) is 17.6 Å². The molecule has 34 heavy (non-hydrogen) atoms. The van der Waals surface area contributed by atoms with Crippen LogP contribution in [0, 0.1) is 0 Å². The molecule has 3 aromatic rings. The number of sulfonamides is 1. The first-order chi connectivity index (χ1) is 15.9. The zero-order valence-electron chi connectivity index (χ0n) is 17.1. The van der Waals surface area contributed by atoms with Gasteiger partial charge in [0.1, 0.15) is 0 Å².